The Labute approximate surface area is 115 Å². The van der Waals surface area contributed by atoms with Crippen molar-refractivity contribution in [2.45, 2.75) is 25.3 Å². The molecule has 2 aromatic carbocycles. The van der Waals surface area contributed by atoms with Crippen LogP contribution in [0.2, 0.25) is 0 Å². The zero-order valence-corrected chi connectivity index (χ0v) is 10.8. The molecule has 3 rings (SSSR count). The predicted octanol–water partition coefficient (Wildman–Crippen LogP) is 4.59. The maximum Gasteiger partial charge on any atom is 0.182 e. The third-order valence-corrected chi connectivity index (χ3v) is 3.50. The summed E-state index contributed by atoms with van der Waals surface area (Å²) >= 11 is 0. The van der Waals surface area contributed by atoms with Crippen molar-refractivity contribution in [2.75, 3.05) is 5.32 Å². The second kappa shape index (κ2) is 5.19. The van der Waals surface area contributed by atoms with Gasteiger partial charge in [0.1, 0.15) is 5.82 Å². The van der Waals surface area contributed by atoms with Gasteiger partial charge in [-0.05, 0) is 29.9 Å². The highest BCUT2D eigenvalue weighted by Crippen LogP contribution is 2.39. The standard InChI is InChI=1S/C16H14F3N/c17-13-7-14(18)16(19)15(8-13)20-9-10-1-3-11(4-2-10)12-5-6-12/h1-4,7-8,12,20H,5-6,9H2. The number of anilines is 1. The molecular formula is C16H14F3N. The molecule has 0 heterocycles. The van der Waals surface area contributed by atoms with Crippen LogP contribution < -0.4 is 5.32 Å². The van der Waals surface area contributed by atoms with E-state index in [1.54, 1.807) is 0 Å². The van der Waals surface area contributed by atoms with Crippen molar-refractivity contribution in [3.63, 3.8) is 0 Å². The van der Waals surface area contributed by atoms with Crippen LogP contribution in [0.3, 0.4) is 0 Å². The molecule has 0 bridgehead atoms. The van der Waals surface area contributed by atoms with E-state index in [0.717, 1.165) is 11.6 Å². The molecule has 1 saturated carbocycles. The normalized spacial score (nSPS) is 14.3. The quantitative estimate of drug-likeness (QED) is 0.806. The minimum Gasteiger partial charge on any atom is -0.378 e. The zero-order valence-electron chi connectivity index (χ0n) is 10.8. The fraction of sp³-hybridized carbons (Fsp3) is 0.250. The number of hydrogen-bond donors (Lipinski definition) is 1. The largest absolute Gasteiger partial charge is 0.378 e. The molecule has 0 unspecified atom stereocenters. The maximum atomic E-state index is 13.5. The first kappa shape index (κ1) is 13.0. The van der Waals surface area contributed by atoms with Gasteiger partial charge in [-0.1, -0.05) is 24.3 Å². The first-order chi connectivity index (χ1) is 9.63. The van der Waals surface area contributed by atoms with E-state index in [-0.39, 0.29) is 5.69 Å². The Kier molecular flexibility index (Phi) is 3.38. The molecule has 1 aliphatic carbocycles. The van der Waals surface area contributed by atoms with E-state index < -0.39 is 17.5 Å². The van der Waals surface area contributed by atoms with E-state index in [1.165, 1.54) is 18.4 Å². The fourth-order valence-electron chi connectivity index (χ4n) is 2.21. The van der Waals surface area contributed by atoms with Crippen LogP contribution in [0, 0.1) is 17.5 Å². The molecular weight excluding hydrogens is 263 g/mol. The molecule has 1 N–H and O–H groups in total. The van der Waals surface area contributed by atoms with Gasteiger partial charge in [-0.2, -0.15) is 0 Å². The van der Waals surface area contributed by atoms with Crippen molar-refractivity contribution in [1.82, 2.24) is 0 Å². The lowest BCUT2D eigenvalue weighted by Crippen LogP contribution is -2.03. The second-order valence-electron chi connectivity index (χ2n) is 5.12. The van der Waals surface area contributed by atoms with Gasteiger partial charge < -0.3 is 5.32 Å². The van der Waals surface area contributed by atoms with Crippen LogP contribution in [0.5, 0.6) is 0 Å². The van der Waals surface area contributed by atoms with Crippen LogP contribution in [0.15, 0.2) is 36.4 Å². The van der Waals surface area contributed by atoms with Crippen LogP contribution in [0.4, 0.5) is 18.9 Å². The molecule has 20 heavy (non-hydrogen) atoms. The Morgan fingerprint density at radius 2 is 1.70 bits per heavy atom. The van der Waals surface area contributed by atoms with Crippen molar-refractivity contribution >= 4 is 5.69 Å². The first-order valence-corrected chi connectivity index (χ1v) is 6.61. The van der Waals surface area contributed by atoms with Gasteiger partial charge in [-0.15, -0.1) is 0 Å². The number of rotatable bonds is 4. The number of hydrogen-bond acceptors (Lipinski definition) is 1. The lowest BCUT2D eigenvalue weighted by Gasteiger charge is -2.09. The predicted molar refractivity (Wildman–Crippen MR) is 72.1 cm³/mol. The van der Waals surface area contributed by atoms with Crippen molar-refractivity contribution < 1.29 is 13.2 Å². The average Bonchev–Trinajstić information content (AvgIpc) is 3.26. The molecule has 104 valence electrons. The molecule has 0 radical (unpaired) electrons. The van der Waals surface area contributed by atoms with Crippen LogP contribution in [0.1, 0.15) is 29.9 Å². The van der Waals surface area contributed by atoms with Gasteiger partial charge in [0, 0.05) is 18.7 Å². The highest BCUT2D eigenvalue weighted by molar-refractivity contribution is 5.46. The Morgan fingerprint density at radius 1 is 1.00 bits per heavy atom. The second-order valence-corrected chi connectivity index (χ2v) is 5.12. The summed E-state index contributed by atoms with van der Waals surface area (Å²) in [5.41, 5.74) is 2.10. The Balaban J connectivity index is 1.69. The molecule has 1 nitrogen and oxygen atoms in total. The Morgan fingerprint density at radius 3 is 2.35 bits per heavy atom. The van der Waals surface area contributed by atoms with Crippen molar-refractivity contribution in [3.05, 3.63) is 65.0 Å². The van der Waals surface area contributed by atoms with Gasteiger partial charge in [-0.25, -0.2) is 13.2 Å². The van der Waals surface area contributed by atoms with E-state index >= 15 is 0 Å². The van der Waals surface area contributed by atoms with Gasteiger partial charge in [0.15, 0.2) is 11.6 Å². The average molecular weight is 277 g/mol. The lowest BCUT2D eigenvalue weighted by atomic mass is 10.1. The molecule has 0 aromatic heterocycles. The van der Waals surface area contributed by atoms with Gasteiger partial charge in [0.25, 0.3) is 0 Å². The summed E-state index contributed by atoms with van der Waals surface area (Å²) in [6.07, 6.45) is 2.48. The summed E-state index contributed by atoms with van der Waals surface area (Å²) in [5.74, 6) is -2.35. The molecule has 0 saturated heterocycles. The van der Waals surface area contributed by atoms with Crippen molar-refractivity contribution in [1.29, 1.82) is 0 Å². The van der Waals surface area contributed by atoms with E-state index in [9.17, 15) is 13.2 Å². The van der Waals surface area contributed by atoms with Crippen molar-refractivity contribution in [2.24, 2.45) is 0 Å². The van der Waals surface area contributed by atoms with Crippen LogP contribution in [-0.2, 0) is 6.54 Å². The summed E-state index contributed by atoms with van der Waals surface area (Å²) in [6, 6.07) is 9.50. The van der Waals surface area contributed by atoms with E-state index in [2.05, 4.69) is 17.4 Å². The molecule has 0 amide bonds. The Hall–Kier alpha value is -1.97. The SMILES string of the molecule is Fc1cc(F)c(F)c(NCc2ccc(C3CC3)cc2)c1. The van der Waals surface area contributed by atoms with Gasteiger partial charge >= 0.3 is 0 Å². The van der Waals surface area contributed by atoms with Crippen LogP contribution in [-0.4, -0.2) is 0 Å². The van der Waals surface area contributed by atoms with E-state index in [1.807, 2.05) is 12.1 Å². The first-order valence-electron chi connectivity index (χ1n) is 6.61. The summed E-state index contributed by atoms with van der Waals surface area (Å²) in [4.78, 5) is 0. The summed E-state index contributed by atoms with van der Waals surface area (Å²) in [7, 11) is 0. The van der Waals surface area contributed by atoms with E-state index in [4.69, 9.17) is 0 Å². The van der Waals surface area contributed by atoms with Gasteiger partial charge in [0.2, 0.25) is 0 Å². The highest BCUT2D eigenvalue weighted by atomic mass is 19.2. The molecule has 1 fully saturated rings. The van der Waals surface area contributed by atoms with Crippen LogP contribution in [0.25, 0.3) is 0 Å². The summed E-state index contributed by atoms with van der Waals surface area (Å²) in [6.45, 7) is 0.324. The molecule has 0 spiro atoms. The number of benzene rings is 2. The molecule has 4 heteroatoms. The van der Waals surface area contributed by atoms with Crippen molar-refractivity contribution in [3.8, 4) is 0 Å². The Bertz CT molecular complexity index is 618. The summed E-state index contributed by atoms with van der Waals surface area (Å²) in [5, 5.41) is 2.72. The summed E-state index contributed by atoms with van der Waals surface area (Å²) < 4.78 is 39.6. The fourth-order valence-corrected chi connectivity index (χ4v) is 2.21. The molecule has 2 aromatic rings. The number of nitrogens with one attached hydrogen (secondary N) is 1. The van der Waals surface area contributed by atoms with Gasteiger partial charge in [0.05, 0.1) is 5.69 Å². The van der Waals surface area contributed by atoms with E-state index in [0.29, 0.717) is 18.5 Å². The zero-order chi connectivity index (χ0) is 14.1. The lowest BCUT2D eigenvalue weighted by molar-refractivity contribution is 0.497. The maximum absolute atomic E-state index is 13.5. The molecule has 0 aliphatic heterocycles. The number of halogens is 3. The minimum atomic E-state index is -1.18. The highest BCUT2D eigenvalue weighted by Gasteiger charge is 2.22. The minimum absolute atomic E-state index is 0.159. The third-order valence-electron chi connectivity index (χ3n) is 3.50. The van der Waals surface area contributed by atoms with Crippen LogP contribution >= 0.6 is 0 Å². The third kappa shape index (κ3) is 2.79. The molecule has 1 aliphatic rings. The molecule has 0 atom stereocenters. The monoisotopic (exact) mass is 277 g/mol. The van der Waals surface area contributed by atoms with Gasteiger partial charge in [-0.3, -0.25) is 0 Å². The smallest absolute Gasteiger partial charge is 0.182 e. The topological polar surface area (TPSA) is 12.0 Å².